The Hall–Kier alpha value is -3.08. The molecule has 1 aliphatic rings. The Kier molecular flexibility index (Phi) is 3.54. The maximum atomic E-state index is 4.74. The highest BCUT2D eigenvalue weighted by molar-refractivity contribution is 5.97. The first-order valence-electron chi connectivity index (χ1n) is 7.96. The van der Waals surface area contributed by atoms with E-state index in [1.54, 1.807) is 0 Å². The summed E-state index contributed by atoms with van der Waals surface area (Å²) in [6.45, 7) is 1.98. The Labute approximate surface area is 141 Å². The Bertz CT molecular complexity index is 867. The summed E-state index contributed by atoms with van der Waals surface area (Å²) in [5, 5.41) is 7.97. The zero-order chi connectivity index (χ0) is 16.5. The summed E-state index contributed by atoms with van der Waals surface area (Å²) in [6, 6.07) is 20.5. The van der Waals surface area contributed by atoms with Crippen molar-refractivity contribution in [2.45, 2.75) is 13.2 Å². The van der Waals surface area contributed by atoms with E-state index in [2.05, 4.69) is 39.6 Å². The average Bonchev–Trinajstić information content (AvgIpc) is 3.05. The maximum Gasteiger partial charge on any atom is 0.221 e. The normalized spacial score (nSPS) is 16.1. The van der Waals surface area contributed by atoms with Gasteiger partial charge in [-0.3, -0.25) is 0 Å². The third-order valence-corrected chi connectivity index (χ3v) is 4.22. The number of benzene rings is 2. The van der Waals surface area contributed by atoms with Gasteiger partial charge in [0.2, 0.25) is 6.29 Å². The van der Waals surface area contributed by atoms with Crippen LogP contribution in [0.3, 0.4) is 0 Å². The molecule has 0 fully saturated rings. The van der Waals surface area contributed by atoms with Crippen LogP contribution < -0.4 is 10.2 Å². The number of fused-ring (bicyclic) bond motifs is 1. The fourth-order valence-electron chi connectivity index (χ4n) is 2.97. The second kappa shape index (κ2) is 5.85. The van der Waals surface area contributed by atoms with E-state index in [0.717, 1.165) is 28.5 Å². The second-order valence-corrected chi connectivity index (χ2v) is 5.85. The van der Waals surface area contributed by atoms with Gasteiger partial charge in [0, 0.05) is 18.3 Å². The number of nitrogens with zero attached hydrogens (tertiary/aromatic N) is 4. The largest absolute Gasteiger partial charge is 0.334 e. The number of para-hydroxylation sites is 1. The lowest BCUT2D eigenvalue weighted by Gasteiger charge is -2.31. The van der Waals surface area contributed by atoms with Crippen LogP contribution in [0.2, 0.25) is 0 Å². The third kappa shape index (κ3) is 2.44. The van der Waals surface area contributed by atoms with Gasteiger partial charge in [-0.25, -0.2) is 9.67 Å². The molecule has 5 heteroatoms. The van der Waals surface area contributed by atoms with Gasteiger partial charge in [0.25, 0.3) is 0 Å². The van der Waals surface area contributed by atoms with Gasteiger partial charge in [-0.1, -0.05) is 48.5 Å². The molecule has 0 radical (unpaired) electrons. The van der Waals surface area contributed by atoms with Gasteiger partial charge in [0.15, 0.2) is 0 Å². The molecule has 1 unspecified atom stereocenters. The van der Waals surface area contributed by atoms with E-state index in [4.69, 9.17) is 4.99 Å². The van der Waals surface area contributed by atoms with Crippen molar-refractivity contribution in [1.29, 1.82) is 0 Å². The summed E-state index contributed by atoms with van der Waals surface area (Å²) in [5.74, 6) is 1.86. The number of rotatable bonds is 3. The van der Waals surface area contributed by atoms with Crippen LogP contribution in [0.1, 0.15) is 13.2 Å². The zero-order valence-electron chi connectivity index (χ0n) is 13.7. The monoisotopic (exact) mass is 317 g/mol. The van der Waals surface area contributed by atoms with E-state index in [9.17, 15) is 0 Å². The molecule has 1 atom stereocenters. The number of aromatic nitrogens is 2. The van der Waals surface area contributed by atoms with E-state index >= 15 is 0 Å². The number of amidine groups is 1. The first-order valence-corrected chi connectivity index (χ1v) is 7.96. The van der Waals surface area contributed by atoms with E-state index in [-0.39, 0.29) is 6.29 Å². The van der Waals surface area contributed by atoms with Gasteiger partial charge < -0.3 is 10.2 Å². The minimum Gasteiger partial charge on any atom is -0.334 e. The number of aliphatic imine (C=N–C) groups is 1. The molecule has 1 aromatic heterocycles. The van der Waals surface area contributed by atoms with Crippen molar-refractivity contribution in [3.8, 4) is 11.1 Å². The van der Waals surface area contributed by atoms with Crippen molar-refractivity contribution < 1.29 is 0 Å². The summed E-state index contributed by atoms with van der Waals surface area (Å²) in [5.41, 5.74) is 3.32. The highest BCUT2D eigenvalue weighted by Crippen LogP contribution is 2.34. The fourth-order valence-corrected chi connectivity index (χ4v) is 2.97. The molecule has 1 aliphatic heterocycles. The molecule has 120 valence electrons. The van der Waals surface area contributed by atoms with E-state index in [0.29, 0.717) is 0 Å². The van der Waals surface area contributed by atoms with Gasteiger partial charge in [0.05, 0.1) is 6.20 Å². The molecule has 0 aliphatic carbocycles. The van der Waals surface area contributed by atoms with Crippen LogP contribution in [-0.2, 0) is 0 Å². The highest BCUT2D eigenvalue weighted by Gasteiger charge is 2.26. The highest BCUT2D eigenvalue weighted by atomic mass is 15.5. The molecule has 0 amide bonds. The molecule has 1 N–H and O–H groups in total. The average molecular weight is 317 g/mol. The summed E-state index contributed by atoms with van der Waals surface area (Å²) in [6.07, 6.45) is 1.69. The van der Waals surface area contributed by atoms with Gasteiger partial charge in [0.1, 0.15) is 11.7 Å². The van der Waals surface area contributed by atoms with Crippen molar-refractivity contribution in [2.75, 3.05) is 17.3 Å². The zero-order valence-corrected chi connectivity index (χ0v) is 13.7. The van der Waals surface area contributed by atoms with Gasteiger partial charge in [-0.15, -0.1) is 0 Å². The predicted molar refractivity (Wildman–Crippen MR) is 98.3 cm³/mol. The Morgan fingerprint density at radius 1 is 1.00 bits per heavy atom. The number of nitrogens with one attached hydrogen (secondary N) is 1. The van der Waals surface area contributed by atoms with Crippen LogP contribution in [0.4, 0.5) is 11.5 Å². The SMILES string of the molecule is CC1=NC(N(C)c2ccccc2)n2ncc(-c3ccccc3)c2N1. The lowest BCUT2D eigenvalue weighted by Crippen LogP contribution is -2.34. The third-order valence-electron chi connectivity index (χ3n) is 4.22. The first kappa shape index (κ1) is 14.5. The summed E-state index contributed by atoms with van der Waals surface area (Å²) >= 11 is 0. The van der Waals surface area contributed by atoms with E-state index in [1.807, 2.05) is 61.2 Å². The molecule has 0 bridgehead atoms. The molecule has 2 aromatic carbocycles. The lowest BCUT2D eigenvalue weighted by atomic mass is 10.1. The van der Waals surface area contributed by atoms with Crippen molar-refractivity contribution in [3.63, 3.8) is 0 Å². The molecule has 0 saturated carbocycles. The van der Waals surface area contributed by atoms with Crippen molar-refractivity contribution in [2.24, 2.45) is 4.99 Å². The summed E-state index contributed by atoms with van der Waals surface area (Å²) in [4.78, 5) is 6.86. The fraction of sp³-hybridized carbons (Fsp3) is 0.158. The van der Waals surface area contributed by atoms with E-state index < -0.39 is 0 Å². The quantitative estimate of drug-likeness (QED) is 0.794. The minimum absolute atomic E-state index is 0.207. The number of hydrogen-bond acceptors (Lipinski definition) is 4. The standard InChI is InChI=1S/C19H19N5/c1-14-21-18-17(15-9-5-3-6-10-15)13-20-24(18)19(22-14)23(2)16-11-7-4-8-12-16/h3-13,19H,1-2H3,(H,21,22). The minimum atomic E-state index is -0.207. The first-order chi connectivity index (χ1) is 11.7. The summed E-state index contributed by atoms with van der Waals surface area (Å²) in [7, 11) is 2.04. The van der Waals surface area contributed by atoms with Gasteiger partial charge >= 0.3 is 0 Å². The van der Waals surface area contributed by atoms with Gasteiger partial charge in [-0.05, 0) is 24.6 Å². The smallest absolute Gasteiger partial charge is 0.221 e. The molecular formula is C19H19N5. The van der Waals surface area contributed by atoms with E-state index in [1.165, 1.54) is 0 Å². The molecule has 5 nitrogen and oxygen atoms in total. The topological polar surface area (TPSA) is 45.5 Å². The molecule has 2 heterocycles. The van der Waals surface area contributed by atoms with Crippen LogP contribution in [0, 0.1) is 0 Å². The second-order valence-electron chi connectivity index (χ2n) is 5.85. The van der Waals surface area contributed by atoms with Crippen molar-refractivity contribution in [1.82, 2.24) is 9.78 Å². The Balaban J connectivity index is 1.77. The number of hydrogen-bond donors (Lipinski definition) is 1. The van der Waals surface area contributed by atoms with Crippen LogP contribution in [0.5, 0.6) is 0 Å². The van der Waals surface area contributed by atoms with Crippen molar-refractivity contribution in [3.05, 3.63) is 66.9 Å². The Morgan fingerprint density at radius 3 is 2.38 bits per heavy atom. The maximum absolute atomic E-state index is 4.74. The molecule has 4 rings (SSSR count). The molecule has 0 saturated heterocycles. The van der Waals surface area contributed by atoms with Crippen LogP contribution >= 0.6 is 0 Å². The number of anilines is 2. The predicted octanol–water partition coefficient (Wildman–Crippen LogP) is 3.99. The molecule has 0 spiro atoms. The molecule has 24 heavy (non-hydrogen) atoms. The Morgan fingerprint density at radius 2 is 1.67 bits per heavy atom. The lowest BCUT2D eigenvalue weighted by molar-refractivity contribution is 0.465. The van der Waals surface area contributed by atoms with Gasteiger partial charge in [-0.2, -0.15) is 5.10 Å². The van der Waals surface area contributed by atoms with Crippen LogP contribution in [0.25, 0.3) is 11.1 Å². The van der Waals surface area contributed by atoms with Crippen LogP contribution in [-0.4, -0.2) is 22.7 Å². The summed E-state index contributed by atoms with van der Waals surface area (Å²) < 4.78 is 1.93. The molecule has 3 aromatic rings. The molecular weight excluding hydrogens is 298 g/mol. The van der Waals surface area contributed by atoms with Crippen molar-refractivity contribution >= 4 is 17.3 Å². The van der Waals surface area contributed by atoms with Crippen LogP contribution in [0.15, 0.2) is 71.9 Å².